The molecular formula is C37H46N2. The van der Waals surface area contributed by atoms with Crippen molar-refractivity contribution in [2.75, 3.05) is 6.54 Å². The number of hydrogen-bond donors (Lipinski definition) is 1. The van der Waals surface area contributed by atoms with Crippen molar-refractivity contribution in [3.8, 4) is 12.3 Å². The Kier molecular flexibility index (Phi) is 9.14. The lowest BCUT2D eigenvalue weighted by Crippen LogP contribution is -2.30. The second-order valence-electron chi connectivity index (χ2n) is 11.7. The molecule has 2 unspecified atom stereocenters. The molecule has 39 heavy (non-hydrogen) atoms. The minimum atomic E-state index is -0.625. The molecule has 4 atom stereocenters. The maximum Gasteiger partial charge on any atom is 0.0971 e. The van der Waals surface area contributed by atoms with Gasteiger partial charge < -0.3 is 5.32 Å². The molecule has 0 spiro atoms. The van der Waals surface area contributed by atoms with Crippen LogP contribution in [0.15, 0.2) is 83.4 Å². The van der Waals surface area contributed by atoms with E-state index in [1.807, 2.05) is 6.21 Å². The summed E-state index contributed by atoms with van der Waals surface area (Å²) >= 11 is 0. The fourth-order valence-electron chi connectivity index (χ4n) is 6.26. The first kappa shape index (κ1) is 28.8. The normalized spacial score (nSPS) is 19.8. The van der Waals surface area contributed by atoms with Gasteiger partial charge in [0.25, 0.3) is 0 Å². The van der Waals surface area contributed by atoms with Crippen molar-refractivity contribution in [2.45, 2.75) is 84.2 Å². The van der Waals surface area contributed by atoms with Crippen LogP contribution < -0.4 is 5.32 Å². The van der Waals surface area contributed by atoms with Gasteiger partial charge in [-0.05, 0) is 102 Å². The summed E-state index contributed by atoms with van der Waals surface area (Å²) in [6.07, 6.45) is 14.3. The van der Waals surface area contributed by atoms with E-state index >= 15 is 0 Å². The van der Waals surface area contributed by atoms with E-state index < -0.39 is 5.41 Å². The van der Waals surface area contributed by atoms with E-state index in [2.05, 4.69) is 108 Å². The molecule has 2 aromatic rings. The lowest BCUT2D eigenvalue weighted by atomic mass is 9.71. The second-order valence-corrected chi connectivity index (χ2v) is 11.7. The van der Waals surface area contributed by atoms with Gasteiger partial charge in [0.1, 0.15) is 0 Å². The maximum absolute atomic E-state index is 6.31. The Hall–Kier alpha value is -3.15. The van der Waals surface area contributed by atoms with Gasteiger partial charge in [-0.25, -0.2) is 0 Å². The van der Waals surface area contributed by atoms with Gasteiger partial charge in [0.05, 0.1) is 11.5 Å². The molecule has 1 heterocycles. The molecule has 1 fully saturated rings. The summed E-state index contributed by atoms with van der Waals surface area (Å²) in [5.41, 5.74) is 8.85. The molecule has 2 nitrogen and oxygen atoms in total. The first-order valence-corrected chi connectivity index (χ1v) is 14.8. The van der Waals surface area contributed by atoms with E-state index in [0.29, 0.717) is 17.9 Å². The summed E-state index contributed by atoms with van der Waals surface area (Å²) in [4.78, 5) is 4.98. The monoisotopic (exact) mass is 518 g/mol. The van der Waals surface area contributed by atoms with Gasteiger partial charge >= 0.3 is 0 Å². The molecule has 1 N–H and O–H groups in total. The smallest absolute Gasteiger partial charge is 0.0971 e. The standard InChI is InChI=1S/C37H46N2/c1-9-15-32(38-11-3)23-25(4)27(6)31-20-21-34(26(5)22-31)37(8,10-2)28(7)33-24-39-36(35(33)29-18-19-29)30-16-13-12-14-17-30/h2,12-14,16-17,20-22,24-25,29,32,36,38H,6-7,9,11,15,18-19,23H2,1,3-5,8H3/t25-,32?,36?,37+/m1/s1. The molecule has 2 aliphatic rings. The highest BCUT2D eigenvalue weighted by atomic mass is 14.9. The van der Waals surface area contributed by atoms with Crippen LogP contribution in [0.1, 0.15) is 88.1 Å². The topological polar surface area (TPSA) is 24.4 Å². The Morgan fingerprint density at radius 1 is 1.15 bits per heavy atom. The molecule has 0 amide bonds. The Bertz CT molecular complexity index is 1290. The Morgan fingerprint density at radius 3 is 2.46 bits per heavy atom. The highest BCUT2D eigenvalue weighted by Crippen LogP contribution is 2.51. The number of hydrogen-bond acceptors (Lipinski definition) is 2. The van der Waals surface area contributed by atoms with Gasteiger partial charge in [-0.3, -0.25) is 4.99 Å². The van der Waals surface area contributed by atoms with Gasteiger partial charge in [-0.2, -0.15) is 0 Å². The van der Waals surface area contributed by atoms with Crippen LogP contribution in [0, 0.1) is 31.1 Å². The van der Waals surface area contributed by atoms with Crippen LogP contribution in [0.4, 0.5) is 0 Å². The summed E-state index contributed by atoms with van der Waals surface area (Å²) in [6, 6.07) is 17.9. The summed E-state index contributed by atoms with van der Waals surface area (Å²) in [6.45, 7) is 21.2. The van der Waals surface area contributed by atoms with E-state index in [9.17, 15) is 0 Å². The minimum absolute atomic E-state index is 0.0690. The average molecular weight is 519 g/mol. The molecule has 2 aromatic carbocycles. The van der Waals surface area contributed by atoms with Gasteiger partial charge in [-0.1, -0.05) is 94.8 Å². The number of rotatable bonds is 13. The zero-order chi connectivity index (χ0) is 28.2. The van der Waals surface area contributed by atoms with Crippen molar-refractivity contribution in [1.82, 2.24) is 5.32 Å². The van der Waals surface area contributed by atoms with Crippen molar-refractivity contribution in [2.24, 2.45) is 16.8 Å². The number of terminal acetylenes is 1. The van der Waals surface area contributed by atoms with Gasteiger partial charge in [0, 0.05) is 12.3 Å². The largest absolute Gasteiger partial charge is 0.314 e. The number of aryl methyl sites for hydroxylation is 1. The zero-order valence-electron chi connectivity index (χ0n) is 24.7. The predicted molar refractivity (Wildman–Crippen MR) is 169 cm³/mol. The lowest BCUT2D eigenvalue weighted by Gasteiger charge is -2.30. The van der Waals surface area contributed by atoms with E-state index in [0.717, 1.165) is 29.7 Å². The summed E-state index contributed by atoms with van der Waals surface area (Å²) < 4.78 is 0. The van der Waals surface area contributed by atoms with Crippen LogP contribution in [0.3, 0.4) is 0 Å². The fraction of sp³-hybridized carbons (Fsp3) is 0.432. The third kappa shape index (κ3) is 6.05. The van der Waals surface area contributed by atoms with E-state index in [4.69, 9.17) is 11.4 Å². The van der Waals surface area contributed by atoms with Crippen molar-refractivity contribution in [3.63, 3.8) is 0 Å². The molecule has 1 aliphatic heterocycles. The first-order valence-electron chi connectivity index (χ1n) is 14.8. The molecule has 0 bridgehead atoms. The fourth-order valence-corrected chi connectivity index (χ4v) is 6.26. The molecule has 204 valence electrons. The molecule has 0 saturated heterocycles. The van der Waals surface area contributed by atoms with Crippen molar-refractivity contribution in [1.29, 1.82) is 0 Å². The van der Waals surface area contributed by atoms with Crippen molar-refractivity contribution < 1.29 is 0 Å². The third-order valence-electron chi connectivity index (χ3n) is 8.81. The van der Waals surface area contributed by atoms with Gasteiger partial charge in [0.2, 0.25) is 0 Å². The molecule has 1 saturated carbocycles. The molecule has 0 aromatic heterocycles. The number of benzene rings is 2. The number of allylic oxidation sites excluding steroid dienone is 3. The second kappa shape index (κ2) is 12.4. The Morgan fingerprint density at radius 2 is 1.87 bits per heavy atom. The van der Waals surface area contributed by atoms with Crippen LogP contribution in [-0.2, 0) is 5.41 Å². The molecule has 0 radical (unpaired) electrons. The van der Waals surface area contributed by atoms with Crippen LogP contribution in [0.25, 0.3) is 5.57 Å². The number of nitrogens with one attached hydrogen (secondary N) is 1. The van der Waals surface area contributed by atoms with Crippen LogP contribution in [-0.4, -0.2) is 18.8 Å². The average Bonchev–Trinajstić information content (AvgIpc) is 3.69. The summed E-state index contributed by atoms with van der Waals surface area (Å²) in [5, 5.41) is 3.65. The van der Waals surface area contributed by atoms with Crippen LogP contribution in [0.5, 0.6) is 0 Å². The predicted octanol–water partition coefficient (Wildman–Crippen LogP) is 8.79. The third-order valence-corrected chi connectivity index (χ3v) is 8.81. The highest BCUT2D eigenvalue weighted by molar-refractivity contribution is 5.91. The first-order chi connectivity index (χ1) is 18.7. The Labute approximate surface area is 237 Å². The molecule has 2 heteroatoms. The molecule has 4 rings (SSSR count). The highest BCUT2D eigenvalue weighted by Gasteiger charge is 2.40. The summed E-state index contributed by atoms with van der Waals surface area (Å²) in [5.74, 6) is 4.11. The lowest BCUT2D eigenvalue weighted by molar-refractivity contribution is 0.425. The maximum atomic E-state index is 6.31. The zero-order valence-corrected chi connectivity index (χ0v) is 24.7. The van der Waals surface area contributed by atoms with Crippen LogP contribution in [0.2, 0.25) is 0 Å². The Balaban J connectivity index is 1.61. The van der Waals surface area contributed by atoms with E-state index in [1.165, 1.54) is 53.5 Å². The quantitative estimate of drug-likeness (QED) is 0.263. The van der Waals surface area contributed by atoms with Gasteiger partial charge in [0.15, 0.2) is 0 Å². The van der Waals surface area contributed by atoms with E-state index in [1.54, 1.807) is 0 Å². The number of nitrogens with zero attached hydrogens (tertiary/aromatic N) is 1. The van der Waals surface area contributed by atoms with E-state index in [-0.39, 0.29) is 6.04 Å². The SMILES string of the molecule is C#C[C@@](C)(C(=C)C1=C(C2CC2)C(c2ccccc2)N=C1)c1ccc(C(=C)[C@H](C)CC(CCC)NCC)cc1C. The van der Waals surface area contributed by atoms with Gasteiger partial charge in [-0.15, -0.1) is 6.42 Å². The molecular weight excluding hydrogens is 472 g/mol. The van der Waals surface area contributed by atoms with Crippen molar-refractivity contribution in [3.05, 3.63) is 101 Å². The van der Waals surface area contributed by atoms with Crippen LogP contribution >= 0.6 is 0 Å². The van der Waals surface area contributed by atoms with Crippen molar-refractivity contribution >= 4 is 11.8 Å². The number of aliphatic imine (C=N–C) groups is 1. The summed E-state index contributed by atoms with van der Waals surface area (Å²) in [7, 11) is 0. The molecule has 1 aliphatic carbocycles. The minimum Gasteiger partial charge on any atom is -0.314 e.